The molecule has 0 unspecified atom stereocenters. The molecule has 0 saturated heterocycles. The van der Waals surface area contributed by atoms with Gasteiger partial charge in [0.2, 0.25) is 0 Å². The lowest BCUT2D eigenvalue weighted by Gasteiger charge is -2.37. The SMILES string of the molecule is CCOP(=O)(OCC)C1(P(=O)(OCC)OCC)CCC=[N+]1[O-]. The zero-order valence-electron chi connectivity index (χ0n) is 13.5. The van der Waals surface area contributed by atoms with Crippen LogP contribution in [-0.4, -0.2) is 42.4 Å². The van der Waals surface area contributed by atoms with Crippen LogP contribution in [-0.2, 0) is 27.2 Å². The van der Waals surface area contributed by atoms with Gasteiger partial charge in [-0.05, 0) is 27.7 Å². The van der Waals surface area contributed by atoms with Crippen molar-refractivity contribution in [3.8, 4) is 0 Å². The Kier molecular flexibility index (Phi) is 7.24. The molecule has 1 heterocycles. The summed E-state index contributed by atoms with van der Waals surface area (Å²) in [5.74, 6) is 0. The van der Waals surface area contributed by atoms with E-state index in [0.717, 1.165) is 0 Å². The minimum absolute atomic E-state index is 0.0189. The van der Waals surface area contributed by atoms with Gasteiger partial charge < -0.3 is 23.3 Å². The van der Waals surface area contributed by atoms with Gasteiger partial charge in [0.15, 0.2) is 6.21 Å². The first-order valence-electron chi connectivity index (χ1n) is 7.45. The Labute approximate surface area is 131 Å². The van der Waals surface area contributed by atoms with Gasteiger partial charge >= 0.3 is 20.2 Å². The van der Waals surface area contributed by atoms with Crippen molar-refractivity contribution in [3.05, 3.63) is 5.21 Å². The summed E-state index contributed by atoms with van der Waals surface area (Å²) in [4.78, 5) is 0. The van der Waals surface area contributed by atoms with Crippen molar-refractivity contribution < 1.29 is 32.0 Å². The van der Waals surface area contributed by atoms with Crippen molar-refractivity contribution in [2.75, 3.05) is 26.4 Å². The highest BCUT2D eigenvalue weighted by Gasteiger charge is 2.74. The molecule has 0 bridgehead atoms. The summed E-state index contributed by atoms with van der Waals surface area (Å²) in [6, 6.07) is 0. The van der Waals surface area contributed by atoms with Gasteiger partial charge in [-0.2, -0.15) is 4.74 Å². The van der Waals surface area contributed by atoms with E-state index in [-0.39, 0.29) is 39.3 Å². The minimum Gasteiger partial charge on any atom is -0.623 e. The third-order valence-electron chi connectivity index (χ3n) is 3.20. The Morgan fingerprint density at radius 2 is 1.32 bits per heavy atom. The number of nitrogens with zero attached hydrogens (tertiary/aromatic N) is 1. The maximum Gasteiger partial charge on any atom is 0.415 e. The smallest absolute Gasteiger partial charge is 0.415 e. The second-order valence-corrected chi connectivity index (χ2v) is 9.34. The lowest BCUT2D eigenvalue weighted by atomic mass is 10.4. The van der Waals surface area contributed by atoms with E-state index in [9.17, 15) is 14.3 Å². The highest BCUT2D eigenvalue weighted by molar-refractivity contribution is 7.73. The van der Waals surface area contributed by atoms with Gasteiger partial charge in [0.25, 0.3) is 0 Å². The number of hydrogen-bond donors (Lipinski definition) is 0. The standard InChI is InChI=1S/C12H25NO7P2/c1-5-17-21(15,18-6-2)12(10-9-11-13(12)14)22(16,19-7-3)20-8-4/h11H,5-10H2,1-4H3. The monoisotopic (exact) mass is 357 g/mol. The summed E-state index contributed by atoms with van der Waals surface area (Å²) < 4.78 is 48.2. The second-order valence-electron chi connectivity index (χ2n) is 4.49. The molecule has 1 aliphatic heterocycles. The fraction of sp³-hybridized carbons (Fsp3) is 0.917. The molecule has 10 heteroatoms. The van der Waals surface area contributed by atoms with Crippen LogP contribution in [0.3, 0.4) is 0 Å². The van der Waals surface area contributed by atoms with E-state index in [0.29, 0.717) is 4.74 Å². The maximum atomic E-state index is 13.3. The van der Waals surface area contributed by atoms with E-state index in [2.05, 4.69) is 0 Å². The van der Waals surface area contributed by atoms with Crippen LogP contribution < -0.4 is 0 Å². The number of rotatable bonds is 10. The van der Waals surface area contributed by atoms with Crippen LogP contribution in [0.5, 0.6) is 0 Å². The van der Waals surface area contributed by atoms with Crippen LogP contribution >= 0.6 is 15.2 Å². The zero-order valence-corrected chi connectivity index (χ0v) is 15.3. The quantitative estimate of drug-likeness (QED) is 0.335. The first-order chi connectivity index (χ1) is 10.4. The zero-order chi connectivity index (χ0) is 16.9. The van der Waals surface area contributed by atoms with Crippen LogP contribution in [0.1, 0.15) is 40.5 Å². The van der Waals surface area contributed by atoms with Crippen molar-refractivity contribution in [2.45, 2.75) is 45.6 Å². The molecular weight excluding hydrogens is 332 g/mol. The van der Waals surface area contributed by atoms with E-state index in [1.165, 1.54) is 6.21 Å². The molecule has 0 fully saturated rings. The Balaban J connectivity index is 3.52. The largest absolute Gasteiger partial charge is 0.623 e. The topological polar surface area (TPSA) is 97.1 Å². The molecule has 0 saturated carbocycles. The average molecular weight is 357 g/mol. The Bertz CT molecular complexity index is 444. The Morgan fingerprint density at radius 3 is 1.55 bits per heavy atom. The predicted octanol–water partition coefficient (Wildman–Crippen LogP) is 3.55. The summed E-state index contributed by atoms with van der Waals surface area (Å²) in [7, 11) is -8.13. The van der Waals surface area contributed by atoms with E-state index in [4.69, 9.17) is 18.1 Å². The highest BCUT2D eigenvalue weighted by Crippen LogP contribution is 2.80. The van der Waals surface area contributed by atoms with Gasteiger partial charge in [0.05, 0.1) is 26.4 Å². The normalized spacial score (nSPS) is 18.5. The lowest BCUT2D eigenvalue weighted by molar-refractivity contribution is -0.488. The molecule has 1 rings (SSSR count). The van der Waals surface area contributed by atoms with Crippen molar-refractivity contribution in [3.63, 3.8) is 0 Å². The van der Waals surface area contributed by atoms with Gasteiger partial charge in [-0.1, -0.05) is 0 Å². The van der Waals surface area contributed by atoms with Crippen molar-refractivity contribution in [1.29, 1.82) is 0 Å². The molecule has 22 heavy (non-hydrogen) atoms. The fourth-order valence-corrected chi connectivity index (χ4v) is 8.15. The van der Waals surface area contributed by atoms with Gasteiger partial charge in [0, 0.05) is 12.8 Å². The molecule has 130 valence electrons. The van der Waals surface area contributed by atoms with Crippen LogP contribution in [0.4, 0.5) is 0 Å². The number of hydrogen-bond acceptors (Lipinski definition) is 7. The van der Waals surface area contributed by atoms with Crippen LogP contribution in [0.15, 0.2) is 0 Å². The van der Waals surface area contributed by atoms with E-state index in [1.54, 1.807) is 27.7 Å². The summed E-state index contributed by atoms with van der Waals surface area (Å²) in [5.41, 5.74) is 0. The average Bonchev–Trinajstić information content (AvgIpc) is 2.83. The number of hydroxylamine groups is 1. The molecule has 0 spiro atoms. The molecular formula is C12H25NO7P2. The van der Waals surface area contributed by atoms with Crippen molar-refractivity contribution in [2.24, 2.45) is 0 Å². The van der Waals surface area contributed by atoms with Gasteiger partial charge in [-0.3, -0.25) is 9.13 Å². The summed E-state index contributed by atoms with van der Waals surface area (Å²) >= 11 is 0. The minimum atomic E-state index is -4.07. The molecule has 0 amide bonds. The molecule has 8 nitrogen and oxygen atoms in total. The Hall–Kier alpha value is -0.230. The predicted molar refractivity (Wildman–Crippen MR) is 83.4 cm³/mol. The van der Waals surface area contributed by atoms with Gasteiger partial charge in [0.1, 0.15) is 0 Å². The van der Waals surface area contributed by atoms with Crippen LogP contribution in [0.25, 0.3) is 0 Å². The molecule has 1 aliphatic rings. The van der Waals surface area contributed by atoms with E-state index >= 15 is 0 Å². The van der Waals surface area contributed by atoms with Crippen LogP contribution in [0.2, 0.25) is 0 Å². The first-order valence-corrected chi connectivity index (χ1v) is 10.5. The lowest BCUT2D eigenvalue weighted by Crippen LogP contribution is -2.39. The summed E-state index contributed by atoms with van der Waals surface area (Å²) in [5, 5.41) is 10.5. The Morgan fingerprint density at radius 1 is 0.955 bits per heavy atom. The summed E-state index contributed by atoms with van der Waals surface area (Å²) in [6.07, 6.45) is 1.58. The van der Waals surface area contributed by atoms with Crippen LogP contribution in [0, 0.1) is 5.21 Å². The van der Waals surface area contributed by atoms with Gasteiger partial charge in [-0.15, -0.1) is 0 Å². The van der Waals surface area contributed by atoms with E-state index < -0.39 is 20.2 Å². The molecule has 0 aromatic carbocycles. The fourth-order valence-electron chi connectivity index (χ4n) is 2.47. The van der Waals surface area contributed by atoms with Crippen molar-refractivity contribution in [1.82, 2.24) is 0 Å². The molecule has 0 N–H and O–H groups in total. The molecule has 0 radical (unpaired) electrons. The van der Waals surface area contributed by atoms with E-state index in [1.807, 2.05) is 0 Å². The summed E-state index contributed by atoms with van der Waals surface area (Å²) in [6.45, 7) is 6.68. The van der Waals surface area contributed by atoms with Crippen molar-refractivity contribution >= 4 is 21.4 Å². The second kappa shape index (κ2) is 8.04. The maximum absolute atomic E-state index is 13.3. The molecule has 0 aromatic heterocycles. The molecule has 0 aromatic rings. The third-order valence-corrected chi connectivity index (χ3v) is 9.66. The molecule has 0 atom stereocenters. The van der Waals surface area contributed by atoms with Gasteiger partial charge in [-0.25, -0.2) is 0 Å². The third kappa shape index (κ3) is 3.18. The molecule has 0 aliphatic carbocycles. The highest BCUT2D eigenvalue weighted by atomic mass is 31.2. The first kappa shape index (κ1) is 19.8.